The molecule has 0 spiro atoms. The van der Waals surface area contributed by atoms with Gasteiger partial charge < -0.3 is 25.2 Å². The molecule has 1 atom stereocenters. The first-order chi connectivity index (χ1) is 8.32. The van der Waals surface area contributed by atoms with Crippen molar-refractivity contribution in [2.75, 3.05) is 19.8 Å². The molecule has 110 valence electrons. The van der Waals surface area contributed by atoms with Crippen LogP contribution in [0.5, 0.6) is 0 Å². The molecule has 5 nitrogen and oxygen atoms in total. The van der Waals surface area contributed by atoms with Gasteiger partial charge in [0.15, 0.2) is 5.79 Å². The summed E-state index contributed by atoms with van der Waals surface area (Å²) >= 11 is 0. The normalized spacial score (nSPS) is 14.8. The van der Waals surface area contributed by atoms with Crippen molar-refractivity contribution in [3.8, 4) is 0 Å². The third-order valence-electron chi connectivity index (χ3n) is 3.09. The van der Waals surface area contributed by atoms with E-state index in [1.807, 2.05) is 13.8 Å². The molecule has 18 heavy (non-hydrogen) atoms. The molecule has 0 aliphatic carbocycles. The molecule has 5 heteroatoms. The Morgan fingerprint density at radius 2 is 1.67 bits per heavy atom. The zero-order valence-corrected chi connectivity index (χ0v) is 11.7. The standard InChI is InChI=1S/C13H28O5/c1-4-6-13(16,17)7-11(5-2)18-10-12(3,8-14)9-15/h11,14-17H,4-10H2,1-3H3. The van der Waals surface area contributed by atoms with Crippen LogP contribution in [0.15, 0.2) is 0 Å². The van der Waals surface area contributed by atoms with Gasteiger partial charge in [-0.3, -0.25) is 0 Å². The molecule has 0 aromatic rings. The van der Waals surface area contributed by atoms with Crippen LogP contribution in [-0.2, 0) is 4.74 Å². The van der Waals surface area contributed by atoms with Crippen LogP contribution in [0.3, 0.4) is 0 Å². The molecule has 0 bridgehead atoms. The van der Waals surface area contributed by atoms with Crippen molar-refractivity contribution in [3.63, 3.8) is 0 Å². The van der Waals surface area contributed by atoms with Crippen molar-refractivity contribution in [2.45, 2.75) is 58.3 Å². The van der Waals surface area contributed by atoms with Gasteiger partial charge in [0.05, 0.1) is 25.9 Å². The fraction of sp³-hybridized carbons (Fsp3) is 1.00. The van der Waals surface area contributed by atoms with Crippen molar-refractivity contribution < 1.29 is 25.2 Å². The minimum Gasteiger partial charge on any atom is -0.396 e. The lowest BCUT2D eigenvalue weighted by atomic mass is 9.94. The van der Waals surface area contributed by atoms with E-state index in [0.29, 0.717) is 19.3 Å². The van der Waals surface area contributed by atoms with Gasteiger partial charge in [0.1, 0.15) is 0 Å². The van der Waals surface area contributed by atoms with Gasteiger partial charge in [-0.15, -0.1) is 0 Å². The molecule has 0 aliphatic heterocycles. The van der Waals surface area contributed by atoms with Crippen LogP contribution < -0.4 is 0 Å². The summed E-state index contributed by atoms with van der Waals surface area (Å²) in [6.07, 6.45) is 1.51. The predicted molar refractivity (Wildman–Crippen MR) is 69.0 cm³/mol. The number of hydrogen-bond acceptors (Lipinski definition) is 5. The summed E-state index contributed by atoms with van der Waals surface area (Å²) in [7, 11) is 0. The van der Waals surface area contributed by atoms with Crippen molar-refractivity contribution in [1.82, 2.24) is 0 Å². The highest BCUT2D eigenvalue weighted by molar-refractivity contribution is 4.75. The third-order valence-corrected chi connectivity index (χ3v) is 3.09. The predicted octanol–water partition coefficient (Wildman–Crippen LogP) is 0.644. The fourth-order valence-electron chi connectivity index (χ4n) is 1.65. The SMILES string of the molecule is CCCC(O)(O)CC(CC)OCC(C)(CO)CO. The summed E-state index contributed by atoms with van der Waals surface area (Å²) in [6.45, 7) is 5.37. The largest absolute Gasteiger partial charge is 0.396 e. The summed E-state index contributed by atoms with van der Waals surface area (Å²) in [5.74, 6) is -1.70. The molecule has 4 N–H and O–H groups in total. The molecular weight excluding hydrogens is 236 g/mol. The van der Waals surface area contributed by atoms with Gasteiger partial charge >= 0.3 is 0 Å². The number of aliphatic hydroxyl groups is 4. The first-order valence-electron chi connectivity index (χ1n) is 6.60. The lowest BCUT2D eigenvalue weighted by Gasteiger charge is -2.30. The molecule has 0 radical (unpaired) electrons. The maximum Gasteiger partial charge on any atom is 0.164 e. The Morgan fingerprint density at radius 3 is 2.06 bits per heavy atom. The molecule has 0 amide bonds. The molecule has 0 heterocycles. The molecule has 1 unspecified atom stereocenters. The van der Waals surface area contributed by atoms with E-state index in [9.17, 15) is 10.2 Å². The molecular formula is C13H28O5. The van der Waals surface area contributed by atoms with Gasteiger partial charge in [0.25, 0.3) is 0 Å². The molecule has 0 fully saturated rings. The van der Waals surface area contributed by atoms with Crippen molar-refractivity contribution in [3.05, 3.63) is 0 Å². The van der Waals surface area contributed by atoms with Crippen molar-refractivity contribution in [2.24, 2.45) is 5.41 Å². The lowest BCUT2D eigenvalue weighted by molar-refractivity contribution is -0.194. The van der Waals surface area contributed by atoms with Crippen LogP contribution in [-0.4, -0.2) is 52.1 Å². The molecule has 0 aliphatic rings. The summed E-state index contributed by atoms with van der Waals surface area (Å²) in [5.41, 5.74) is -0.689. The van der Waals surface area contributed by atoms with Crippen molar-refractivity contribution in [1.29, 1.82) is 0 Å². The molecule has 0 aromatic heterocycles. The molecule has 0 saturated carbocycles. The van der Waals surface area contributed by atoms with Crippen LogP contribution in [0, 0.1) is 5.41 Å². The summed E-state index contributed by atoms with van der Waals surface area (Å²) in [6, 6.07) is 0. The zero-order chi connectivity index (χ0) is 14.2. The number of hydrogen-bond donors (Lipinski definition) is 4. The maximum absolute atomic E-state index is 9.74. The Balaban J connectivity index is 4.27. The van der Waals surface area contributed by atoms with Crippen LogP contribution >= 0.6 is 0 Å². The quantitative estimate of drug-likeness (QED) is 0.435. The first-order valence-corrected chi connectivity index (χ1v) is 6.60. The second-order valence-corrected chi connectivity index (χ2v) is 5.40. The van der Waals surface area contributed by atoms with E-state index in [-0.39, 0.29) is 32.3 Å². The van der Waals surface area contributed by atoms with E-state index in [0.717, 1.165) is 0 Å². The van der Waals surface area contributed by atoms with Crippen LogP contribution in [0.4, 0.5) is 0 Å². The van der Waals surface area contributed by atoms with E-state index in [4.69, 9.17) is 14.9 Å². The van der Waals surface area contributed by atoms with Crippen LogP contribution in [0.25, 0.3) is 0 Å². The monoisotopic (exact) mass is 264 g/mol. The van der Waals surface area contributed by atoms with Gasteiger partial charge in [-0.05, 0) is 6.42 Å². The Morgan fingerprint density at radius 1 is 1.11 bits per heavy atom. The van der Waals surface area contributed by atoms with Gasteiger partial charge in [-0.1, -0.05) is 27.2 Å². The second kappa shape index (κ2) is 8.07. The molecule has 0 aromatic carbocycles. The topological polar surface area (TPSA) is 90.2 Å². The average Bonchev–Trinajstić information content (AvgIpc) is 2.33. The summed E-state index contributed by atoms with van der Waals surface area (Å²) in [5, 5.41) is 37.8. The highest BCUT2D eigenvalue weighted by Gasteiger charge is 2.29. The number of ether oxygens (including phenoxy) is 1. The number of rotatable bonds is 10. The summed E-state index contributed by atoms with van der Waals surface area (Å²) in [4.78, 5) is 0. The highest BCUT2D eigenvalue weighted by atomic mass is 16.5. The maximum atomic E-state index is 9.74. The van der Waals surface area contributed by atoms with E-state index in [2.05, 4.69) is 0 Å². The minimum absolute atomic E-state index is 0.143. The van der Waals surface area contributed by atoms with E-state index in [1.54, 1.807) is 6.92 Å². The Hall–Kier alpha value is -0.200. The van der Waals surface area contributed by atoms with Crippen LogP contribution in [0.1, 0.15) is 46.5 Å². The Bertz CT molecular complexity index is 213. The average molecular weight is 264 g/mol. The number of aliphatic hydroxyl groups excluding tert-OH is 2. The van der Waals surface area contributed by atoms with Gasteiger partial charge in [-0.2, -0.15) is 0 Å². The third kappa shape index (κ3) is 6.66. The zero-order valence-electron chi connectivity index (χ0n) is 11.7. The fourth-order valence-corrected chi connectivity index (χ4v) is 1.65. The highest BCUT2D eigenvalue weighted by Crippen LogP contribution is 2.22. The Labute approximate surface area is 109 Å². The van der Waals surface area contributed by atoms with E-state index < -0.39 is 11.2 Å². The van der Waals surface area contributed by atoms with Crippen molar-refractivity contribution >= 4 is 0 Å². The Kier molecular flexibility index (Phi) is 7.98. The van der Waals surface area contributed by atoms with Crippen LogP contribution in [0.2, 0.25) is 0 Å². The smallest absolute Gasteiger partial charge is 0.164 e. The lowest BCUT2D eigenvalue weighted by Crippen LogP contribution is -2.37. The van der Waals surface area contributed by atoms with Gasteiger partial charge in [-0.25, -0.2) is 0 Å². The minimum atomic E-state index is -1.70. The van der Waals surface area contributed by atoms with Gasteiger partial charge in [0, 0.05) is 18.3 Å². The molecule has 0 rings (SSSR count). The second-order valence-electron chi connectivity index (χ2n) is 5.40. The van der Waals surface area contributed by atoms with Gasteiger partial charge in [0.2, 0.25) is 0 Å². The first kappa shape index (κ1) is 17.8. The molecule has 0 saturated heterocycles. The summed E-state index contributed by atoms with van der Waals surface area (Å²) < 4.78 is 5.58. The van der Waals surface area contributed by atoms with E-state index >= 15 is 0 Å². The van der Waals surface area contributed by atoms with E-state index in [1.165, 1.54) is 0 Å².